The number of hydrogen-bond donors (Lipinski definition) is 1. The number of hydrogen-bond acceptors (Lipinski definition) is 11. The Hall–Kier alpha value is -5.10. The van der Waals surface area contributed by atoms with Crippen molar-refractivity contribution in [1.29, 1.82) is 0 Å². The van der Waals surface area contributed by atoms with E-state index < -0.39 is 17.2 Å². The van der Waals surface area contributed by atoms with Gasteiger partial charge in [0, 0.05) is 75.8 Å². The highest BCUT2D eigenvalue weighted by Crippen LogP contribution is 2.46. The summed E-state index contributed by atoms with van der Waals surface area (Å²) in [5.41, 5.74) is 0.949. The molecule has 0 aliphatic carbocycles. The van der Waals surface area contributed by atoms with Gasteiger partial charge in [0.1, 0.15) is 41.4 Å². The molecule has 4 saturated heterocycles. The number of ether oxygens (including phenoxy) is 4. The number of likely N-dealkylation sites (tertiary alicyclic amines) is 1. The number of carbonyl (C=O) groups is 1. The van der Waals surface area contributed by atoms with E-state index >= 15 is 8.78 Å². The van der Waals surface area contributed by atoms with Gasteiger partial charge in [-0.15, -0.1) is 6.42 Å². The van der Waals surface area contributed by atoms with Crippen LogP contribution in [-0.2, 0) is 9.47 Å². The van der Waals surface area contributed by atoms with Gasteiger partial charge in [0.05, 0.1) is 23.8 Å². The lowest BCUT2D eigenvalue weighted by atomic mass is 9.94. The van der Waals surface area contributed by atoms with Gasteiger partial charge >= 0.3 is 12.1 Å². The minimum absolute atomic E-state index is 0.00391. The Kier molecular flexibility index (Phi) is 9.63. The maximum absolute atomic E-state index is 17.2. The second kappa shape index (κ2) is 14.8. The van der Waals surface area contributed by atoms with Crippen molar-refractivity contribution in [1.82, 2.24) is 30.1 Å². The topological polar surface area (TPSA) is 114 Å². The van der Waals surface area contributed by atoms with Crippen molar-refractivity contribution in [2.75, 3.05) is 71.1 Å². The van der Waals surface area contributed by atoms with E-state index in [1.807, 2.05) is 0 Å². The smallest absolute Gasteiger partial charge is 0.409 e. The fourth-order valence-electron chi connectivity index (χ4n) is 9.42. The van der Waals surface area contributed by atoms with Crippen molar-refractivity contribution in [3.05, 3.63) is 59.7 Å². The average molecular weight is 766 g/mol. The number of nitrogens with zero attached hydrogens (tertiary/aromatic N) is 6. The molecule has 3 atom stereocenters. The van der Waals surface area contributed by atoms with Crippen LogP contribution in [0.15, 0.2) is 42.5 Å². The molecule has 292 valence electrons. The number of piperidine rings is 1. The quantitative estimate of drug-likeness (QED) is 0.191. The zero-order valence-electron chi connectivity index (χ0n) is 31.5. The molecular formula is C42H45F2N7O5. The van der Waals surface area contributed by atoms with Crippen LogP contribution in [0.2, 0.25) is 0 Å². The van der Waals surface area contributed by atoms with E-state index in [9.17, 15) is 4.79 Å². The first-order valence-corrected chi connectivity index (χ1v) is 19.5. The summed E-state index contributed by atoms with van der Waals surface area (Å²) >= 11 is 0. The van der Waals surface area contributed by atoms with Crippen molar-refractivity contribution >= 4 is 33.6 Å². The molecular weight excluding hydrogens is 721 g/mol. The molecule has 1 amide bonds. The molecule has 2 aromatic heterocycles. The number of benzene rings is 2. The lowest BCUT2D eigenvalue weighted by Crippen LogP contribution is -2.52. The molecule has 2 aromatic carbocycles. The Morgan fingerprint density at radius 1 is 1.11 bits per heavy atom. The van der Waals surface area contributed by atoms with Crippen LogP contribution in [0.1, 0.15) is 44.1 Å². The van der Waals surface area contributed by atoms with Crippen molar-refractivity contribution in [2.45, 2.75) is 62.3 Å². The molecule has 0 spiro atoms. The molecule has 5 aliphatic heterocycles. The van der Waals surface area contributed by atoms with Crippen LogP contribution < -0.4 is 19.7 Å². The molecule has 4 aromatic rings. The van der Waals surface area contributed by atoms with Crippen LogP contribution in [0.4, 0.5) is 19.4 Å². The van der Waals surface area contributed by atoms with Crippen LogP contribution in [0.5, 0.6) is 11.9 Å². The zero-order chi connectivity index (χ0) is 38.6. The Labute approximate surface area is 324 Å². The molecule has 9 rings (SSSR count). The predicted octanol–water partition coefficient (Wildman–Crippen LogP) is 5.45. The zero-order valence-corrected chi connectivity index (χ0v) is 31.5. The molecule has 0 bridgehead atoms. The number of methoxy groups -OCH3 is 1. The number of piperazine rings is 1. The standard InChI is InChI=1S/C42H45F2N7O5/c1-4-30-32(43)9-8-26-6-5-7-31(33(26)30)36-35(44)37-34-38(50-18-15-45-21-27(50)13-19-54-39(34)46-36)48-40(47-37)56-24-42-14-10-28(51(42)22-25(2)20-42)23-55-41(52)49-16-11-29(53-3)12-17-49/h1,5-9,27-29,45H,2,10-24H2,3H3/t27-,28+,42+/m1/s1. The number of rotatable bonds is 7. The van der Waals surface area contributed by atoms with Crippen molar-refractivity contribution in [3.8, 4) is 35.5 Å². The summed E-state index contributed by atoms with van der Waals surface area (Å²) in [4.78, 5) is 33.7. The first kappa shape index (κ1) is 36.5. The van der Waals surface area contributed by atoms with Gasteiger partial charge in [-0.3, -0.25) is 4.90 Å². The third-order valence-corrected chi connectivity index (χ3v) is 12.3. The van der Waals surface area contributed by atoms with Crippen LogP contribution in [0.3, 0.4) is 0 Å². The van der Waals surface area contributed by atoms with Crippen molar-refractivity contribution < 1.29 is 32.5 Å². The minimum Gasteiger partial charge on any atom is -0.477 e. The van der Waals surface area contributed by atoms with E-state index in [1.54, 1.807) is 36.3 Å². The van der Waals surface area contributed by atoms with Gasteiger partial charge in [-0.1, -0.05) is 42.3 Å². The number of anilines is 1. The summed E-state index contributed by atoms with van der Waals surface area (Å²) in [5.74, 6) is 1.85. The van der Waals surface area contributed by atoms with Crippen LogP contribution in [0, 0.1) is 24.0 Å². The fourth-order valence-corrected chi connectivity index (χ4v) is 9.42. The predicted molar refractivity (Wildman–Crippen MR) is 207 cm³/mol. The highest BCUT2D eigenvalue weighted by atomic mass is 19.1. The Morgan fingerprint density at radius 2 is 1.96 bits per heavy atom. The monoisotopic (exact) mass is 765 g/mol. The molecule has 1 N–H and O–H groups in total. The number of terminal acetylenes is 1. The molecule has 14 heteroatoms. The molecule has 0 saturated carbocycles. The van der Waals surface area contributed by atoms with E-state index in [2.05, 4.69) is 27.6 Å². The first-order chi connectivity index (χ1) is 27.3. The maximum atomic E-state index is 17.2. The summed E-state index contributed by atoms with van der Waals surface area (Å²) < 4.78 is 56.4. The third kappa shape index (κ3) is 6.35. The molecule has 0 radical (unpaired) electrons. The van der Waals surface area contributed by atoms with E-state index in [4.69, 9.17) is 40.3 Å². The minimum atomic E-state index is -0.712. The second-order valence-electron chi connectivity index (χ2n) is 15.6. The molecule has 5 aliphatic rings. The SMILES string of the molecule is C#Cc1c(F)ccc2cccc(-c3nc4c5c(nc(OC[C@@]67CC[C@@H](COC(=O)N8CCC(OC)CC8)N6CC(=C)C7)nc5c3F)N3CCNC[C@H]3CCO4)c12. The normalized spacial score (nSPS) is 24.0. The van der Waals surface area contributed by atoms with Gasteiger partial charge in [-0.2, -0.15) is 9.97 Å². The lowest BCUT2D eigenvalue weighted by Gasteiger charge is -2.39. The third-order valence-electron chi connectivity index (χ3n) is 12.3. The van der Waals surface area contributed by atoms with Crippen LogP contribution in [-0.4, -0.2) is 121 Å². The number of pyridine rings is 1. The molecule has 4 fully saturated rings. The number of fused-ring (bicyclic) bond motifs is 4. The summed E-state index contributed by atoms with van der Waals surface area (Å²) in [6, 6.07) is 8.24. The van der Waals surface area contributed by atoms with Gasteiger partial charge in [-0.25, -0.2) is 18.6 Å². The summed E-state index contributed by atoms with van der Waals surface area (Å²) in [7, 11) is 1.70. The molecule has 0 unspecified atom stereocenters. The van der Waals surface area contributed by atoms with Crippen molar-refractivity contribution in [2.24, 2.45) is 0 Å². The lowest BCUT2D eigenvalue weighted by molar-refractivity contribution is 0.0208. The number of aromatic nitrogens is 3. The van der Waals surface area contributed by atoms with Gasteiger partial charge in [0.25, 0.3) is 0 Å². The second-order valence-corrected chi connectivity index (χ2v) is 15.6. The fraction of sp³-hybridized carbons (Fsp3) is 0.476. The molecule has 56 heavy (non-hydrogen) atoms. The van der Waals surface area contributed by atoms with E-state index in [-0.39, 0.29) is 66.2 Å². The molecule has 12 nitrogen and oxygen atoms in total. The van der Waals surface area contributed by atoms with Crippen LogP contribution >= 0.6 is 0 Å². The van der Waals surface area contributed by atoms with E-state index in [0.717, 1.165) is 37.8 Å². The Bertz CT molecular complexity index is 2260. The highest BCUT2D eigenvalue weighted by molar-refractivity contribution is 6.03. The first-order valence-electron chi connectivity index (χ1n) is 19.5. The number of nitrogens with one attached hydrogen (secondary N) is 1. The van der Waals surface area contributed by atoms with Gasteiger partial charge < -0.3 is 34.1 Å². The Morgan fingerprint density at radius 3 is 2.79 bits per heavy atom. The highest BCUT2D eigenvalue weighted by Gasteiger charge is 2.51. The maximum Gasteiger partial charge on any atom is 0.409 e. The van der Waals surface area contributed by atoms with Gasteiger partial charge in [0.15, 0.2) is 5.82 Å². The summed E-state index contributed by atoms with van der Waals surface area (Å²) in [6.45, 7) is 9.11. The number of halogens is 2. The molecule has 7 heterocycles. The van der Waals surface area contributed by atoms with Gasteiger partial charge in [0.2, 0.25) is 5.88 Å². The van der Waals surface area contributed by atoms with Gasteiger partial charge in [-0.05, 0) is 43.6 Å². The summed E-state index contributed by atoms with van der Waals surface area (Å²) in [6.07, 6.45) is 10.2. The van der Waals surface area contributed by atoms with Crippen molar-refractivity contribution in [3.63, 3.8) is 0 Å². The number of amides is 1. The number of carbonyl (C=O) groups excluding carboxylic acids is 1. The van der Waals surface area contributed by atoms with E-state index in [1.165, 1.54) is 6.07 Å². The van der Waals surface area contributed by atoms with Crippen LogP contribution in [0.25, 0.3) is 32.9 Å². The average Bonchev–Trinajstić information content (AvgIpc) is 3.72. The summed E-state index contributed by atoms with van der Waals surface area (Å²) in [5, 5.41) is 4.84. The largest absolute Gasteiger partial charge is 0.477 e. The van der Waals surface area contributed by atoms with E-state index in [0.29, 0.717) is 79.7 Å². The Balaban J connectivity index is 1.05.